The van der Waals surface area contributed by atoms with Crippen LogP contribution in [0.2, 0.25) is 0 Å². The highest BCUT2D eigenvalue weighted by atomic mass is 127. The Labute approximate surface area is 192 Å². The van der Waals surface area contributed by atoms with Crippen molar-refractivity contribution in [2.24, 2.45) is 4.99 Å². The molecule has 0 atom stereocenters. The second-order valence-corrected chi connectivity index (χ2v) is 7.38. The maximum absolute atomic E-state index is 5.40. The van der Waals surface area contributed by atoms with E-state index in [0.29, 0.717) is 6.54 Å². The summed E-state index contributed by atoms with van der Waals surface area (Å²) >= 11 is 0. The van der Waals surface area contributed by atoms with E-state index in [-0.39, 0.29) is 24.0 Å². The molecule has 1 aliphatic heterocycles. The van der Waals surface area contributed by atoms with E-state index in [1.165, 1.54) is 37.1 Å². The standard InChI is InChI=1S/C23H32N4O.HI/c1-18-6-7-21(14-22(18)28-3)16-26-23(24-2)25-15-19-8-10-20(11-9-19)17-27-12-4-5-13-27;/h6-11,14H,4-5,12-13,15-17H2,1-3H3,(H2,24,25,26);1H. The molecule has 0 aliphatic carbocycles. The van der Waals surface area contributed by atoms with Crippen LogP contribution in [0, 0.1) is 6.92 Å². The van der Waals surface area contributed by atoms with E-state index in [9.17, 15) is 0 Å². The molecule has 5 nitrogen and oxygen atoms in total. The first-order chi connectivity index (χ1) is 13.7. The lowest BCUT2D eigenvalue weighted by Gasteiger charge is -2.15. The minimum atomic E-state index is 0. The largest absolute Gasteiger partial charge is 0.496 e. The third-order valence-corrected chi connectivity index (χ3v) is 5.24. The van der Waals surface area contributed by atoms with Crippen molar-refractivity contribution in [3.8, 4) is 5.75 Å². The second kappa shape index (κ2) is 12.0. The number of aliphatic imine (C=N–C) groups is 1. The third kappa shape index (κ3) is 7.19. The monoisotopic (exact) mass is 508 g/mol. The molecule has 2 N–H and O–H groups in total. The lowest BCUT2D eigenvalue weighted by atomic mass is 10.1. The number of guanidine groups is 1. The van der Waals surface area contributed by atoms with Crippen molar-refractivity contribution >= 4 is 29.9 Å². The van der Waals surface area contributed by atoms with Gasteiger partial charge in [-0.1, -0.05) is 36.4 Å². The van der Waals surface area contributed by atoms with Gasteiger partial charge in [0.2, 0.25) is 0 Å². The van der Waals surface area contributed by atoms with Crippen molar-refractivity contribution in [3.05, 3.63) is 64.7 Å². The Hall–Kier alpha value is -1.80. The van der Waals surface area contributed by atoms with E-state index in [2.05, 4.69) is 63.0 Å². The summed E-state index contributed by atoms with van der Waals surface area (Å²) in [4.78, 5) is 6.85. The zero-order valence-electron chi connectivity index (χ0n) is 17.7. The van der Waals surface area contributed by atoms with Gasteiger partial charge in [-0.2, -0.15) is 0 Å². The van der Waals surface area contributed by atoms with Gasteiger partial charge in [-0.25, -0.2) is 0 Å². The van der Waals surface area contributed by atoms with Crippen molar-refractivity contribution in [1.82, 2.24) is 15.5 Å². The maximum atomic E-state index is 5.40. The molecule has 3 rings (SSSR count). The van der Waals surface area contributed by atoms with Crippen molar-refractivity contribution < 1.29 is 4.74 Å². The number of hydrogen-bond acceptors (Lipinski definition) is 3. The lowest BCUT2D eigenvalue weighted by Crippen LogP contribution is -2.36. The highest BCUT2D eigenvalue weighted by molar-refractivity contribution is 14.0. The molecular weight excluding hydrogens is 475 g/mol. The van der Waals surface area contributed by atoms with E-state index >= 15 is 0 Å². The van der Waals surface area contributed by atoms with Crippen LogP contribution in [0.3, 0.4) is 0 Å². The molecule has 0 aromatic heterocycles. The van der Waals surface area contributed by atoms with Crippen LogP contribution < -0.4 is 15.4 Å². The summed E-state index contributed by atoms with van der Waals surface area (Å²) < 4.78 is 5.40. The summed E-state index contributed by atoms with van der Waals surface area (Å²) in [6.45, 7) is 7.03. The molecule has 0 saturated carbocycles. The Morgan fingerprint density at radius 3 is 2.17 bits per heavy atom. The maximum Gasteiger partial charge on any atom is 0.191 e. The van der Waals surface area contributed by atoms with E-state index < -0.39 is 0 Å². The topological polar surface area (TPSA) is 48.9 Å². The minimum Gasteiger partial charge on any atom is -0.496 e. The summed E-state index contributed by atoms with van der Waals surface area (Å²) in [6.07, 6.45) is 2.67. The van der Waals surface area contributed by atoms with Crippen molar-refractivity contribution in [2.75, 3.05) is 27.2 Å². The highest BCUT2D eigenvalue weighted by Crippen LogP contribution is 2.18. The van der Waals surface area contributed by atoms with Crippen LogP contribution in [0.4, 0.5) is 0 Å². The zero-order chi connectivity index (χ0) is 19.8. The number of benzene rings is 2. The van der Waals surface area contributed by atoms with Crippen molar-refractivity contribution in [3.63, 3.8) is 0 Å². The number of hydrogen-bond donors (Lipinski definition) is 2. The summed E-state index contributed by atoms with van der Waals surface area (Å²) in [5.74, 6) is 1.71. The van der Waals surface area contributed by atoms with Crippen LogP contribution in [0.5, 0.6) is 5.75 Å². The molecule has 6 heteroatoms. The molecule has 1 heterocycles. The number of nitrogens with zero attached hydrogens (tertiary/aromatic N) is 2. The quantitative estimate of drug-likeness (QED) is 0.336. The van der Waals surface area contributed by atoms with Crippen LogP contribution in [0.15, 0.2) is 47.5 Å². The number of ether oxygens (including phenoxy) is 1. The molecule has 1 aliphatic rings. The molecule has 158 valence electrons. The Balaban J connectivity index is 0.00000300. The summed E-state index contributed by atoms with van der Waals surface area (Å²) in [7, 11) is 3.50. The van der Waals surface area contributed by atoms with Gasteiger partial charge in [0, 0.05) is 26.7 Å². The highest BCUT2D eigenvalue weighted by Gasteiger charge is 2.11. The number of aryl methyl sites for hydroxylation is 1. The lowest BCUT2D eigenvalue weighted by molar-refractivity contribution is 0.331. The fourth-order valence-corrected chi connectivity index (χ4v) is 3.53. The van der Waals surface area contributed by atoms with Gasteiger partial charge < -0.3 is 15.4 Å². The van der Waals surface area contributed by atoms with Gasteiger partial charge in [0.25, 0.3) is 0 Å². The zero-order valence-corrected chi connectivity index (χ0v) is 20.0. The molecule has 1 saturated heterocycles. The molecule has 0 radical (unpaired) electrons. The van der Waals surface area contributed by atoms with Gasteiger partial charge in [0.1, 0.15) is 5.75 Å². The van der Waals surface area contributed by atoms with E-state index in [1.54, 1.807) is 14.2 Å². The number of nitrogens with one attached hydrogen (secondary N) is 2. The number of rotatable bonds is 7. The van der Waals surface area contributed by atoms with Gasteiger partial charge in [0.05, 0.1) is 7.11 Å². The first kappa shape index (κ1) is 23.5. The fourth-order valence-electron chi connectivity index (χ4n) is 3.53. The predicted molar refractivity (Wildman–Crippen MR) is 131 cm³/mol. The van der Waals surface area contributed by atoms with E-state index in [4.69, 9.17) is 4.74 Å². The molecule has 2 aromatic rings. The molecule has 1 fully saturated rings. The third-order valence-electron chi connectivity index (χ3n) is 5.24. The van der Waals surface area contributed by atoms with Crippen LogP contribution in [0.25, 0.3) is 0 Å². The smallest absolute Gasteiger partial charge is 0.191 e. The molecule has 0 amide bonds. The van der Waals surface area contributed by atoms with E-state index in [0.717, 1.165) is 35.9 Å². The fraction of sp³-hybridized carbons (Fsp3) is 0.435. The second-order valence-electron chi connectivity index (χ2n) is 7.38. The number of halogens is 1. The van der Waals surface area contributed by atoms with E-state index in [1.807, 2.05) is 6.92 Å². The van der Waals surface area contributed by atoms with Gasteiger partial charge in [-0.15, -0.1) is 24.0 Å². The molecule has 2 aromatic carbocycles. The van der Waals surface area contributed by atoms with Crippen LogP contribution >= 0.6 is 24.0 Å². The van der Waals surface area contributed by atoms with Crippen LogP contribution in [-0.2, 0) is 19.6 Å². The van der Waals surface area contributed by atoms with Gasteiger partial charge >= 0.3 is 0 Å². The average molecular weight is 508 g/mol. The van der Waals surface area contributed by atoms with Crippen LogP contribution in [0.1, 0.15) is 35.1 Å². The average Bonchev–Trinajstić information content (AvgIpc) is 3.23. The summed E-state index contributed by atoms with van der Waals surface area (Å²) in [5, 5.41) is 6.75. The molecular formula is C23H33IN4O. The number of methoxy groups -OCH3 is 1. The van der Waals surface area contributed by atoms with Crippen molar-refractivity contribution in [2.45, 2.75) is 39.4 Å². The molecule has 0 unspecified atom stereocenters. The van der Waals surface area contributed by atoms with Gasteiger partial charge in [-0.05, 0) is 61.2 Å². The Kier molecular flexibility index (Phi) is 9.73. The minimum absolute atomic E-state index is 0. The Morgan fingerprint density at radius 2 is 1.55 bits per heavy atom. The molecule has 0 spiro atoms. The predicted octanol–water partition coefficient (Wildman–Crippen LogP) is 4.08. The number of likely N-dealkylation sites (tertiary alicyclic amines) is 1. The SMILES string of the molecule is CN=C(NCc1ccc(CN2CCCC2)cc1)NCc1ccc(C)c(OC)c1.I. The Morgan fingerprint density at radius 1 is 0.966 bits per heavy atom. The summed E-state index contributed by atoms with van der Waals surface area (Å²) in [5.41, 5.74) is 4.95. The van der Waals surface area contributed by atoms with Gasteiger partial charge in [-0.3, -0.25) is 9.89 Å². The van der Waals surface area contributed by atoms with Crippen LogP contribution in [-0.4, -0.2) is 38.1 Å². The first-order valence-electron chi connectivity index (χ1n) is 10.1. The van der Waals surface area contributed by atoms with Crippen molar-refractivity contribution in [1.29, 1.82) is 0 Å². The molecule has 29 heavy (non-hydrogen) atoms. The first-order valence-corrected chi connectivity index (χ1v) is 10.1. The molecule has 0 bridgehead atoms. The van der Waals surface area contributed by atoms with Gasteiger partial charge in [0.15, 0.2) is 5.96 Å². The Bertz CT molecular complexity index is 786. The summed E-state index contributed by atoms with van der Waals surface area (Å²) in [6, 6.07) is 15.1. The normalized spacial score (nSPS) is 14.4.